The fourth-order valence-electron chi connectivity index (χ4n) is 2.03. The molecule has 1 unspecified atom stereocenters. The van der Waals surface area contributed by atoms with E-state index in [1.54, 1.807) is 0 Å². The second-order valence-electron chi connectivity index (χ2n) is 4.00. The Bertz CT molecular complexity index is 314. The van der Waals surface area contributed by atoms with Crippen LogP contribution < -0.4 is 0 Å². The van der Waals surface area contributed by atoms with Crippen molar-refractivity contribution in [2.75, 3.05) is 7.11 Å². The van der Waals surface area contributed by atoms with Crippen molar-refractivity contribution >= 4 is 11.8 Å². The Morgan fingerprint density at radius 3 is 2.75 bits per heavy atom. The third kappa shape index (κ3) is 2.37. The van der Waals surface area contributed by atoms with E-state index in [4.69, 9.17) is 0 Å². The summed E-state index contributed by atoms with van der Waals surface area (Å²) < 4.78 is 4.43. The maximum Gasteiger partial charge on any atom is 0.305 e. The van der Waals surface area contributed by atoms with E-state index in [1.165, 1.54) is 7.11 Å². The summed E-state index contributed by atoms with van der Waals surface area (Å²) in [6.07, 6.45) is 1.70. The minimum atomic E-state index is -1.55. The van der Waals surface area contributed by atoms with Crippen molar-refractivity contribution in [1.29, 1.82) is 0 Å². The molecule has 0 spiro atoms. The fourth-order valence-corrected chi connectivity index (χ4v) is 2.03. The number of esters is 1. The number of Topliss-reactive ketones (excluding diaryl/α,β-unsaturated/α-hetero) is 1. The summed E-state index contributed by atoms with van der Waals surface area (Å²) in [6, 6.07) is 0. The minimum absolute atomic E-state index is 0.0501. The largest absolute Gasteiger partial charge is 0.469 e. The molecule has 0 saturated heterocycles. The van der Waals surface area contributed by atoms with E-state index in [1.807, 2.05) is 0 Å². The van der Waals surface area contributed by atoms with E-state index in [0.29, 0.717) is 12.8 Å². The van der Waals surface area contributed by atoms with E-state index in [-0.39, 0.29) is 31.5 Å². The van der Waals surface area contributed by atoms with Crippen LogP contribution in [0.1, 0.15) is 38.5 Å². The lowest BCUT2D eigenvalue weighted by molar-refractivity contribution is -0.555. The first-order chi connectivity index (χ1) is 7.53. The monoisotopic (exact) mass is 229 g/mol. The summed E-state index contributed by atoms with van der Waals surface area (Å²) in [4.78, 5) is 33.1. The van der Waals surface area contributed by atoms with Crippen LogP contribution in [0.15, 0.2) is 0 Å². The average molecular weight is 229 g/mol. The van der Waals surface area contributed by atoms with Crippen LogP contribution in [0.2, 0.25) is 0 Å². The molecule has 1 aliphatic carbocycles. The number of nitro groups is 1. The molecule has 1 aliphatic rings. The molecule has 0 aliphatic heterocycles. The fraction of sp³-hybridized carbons (Fsp3) is 0.800. The van der Waals surface area contributed by atoms with Gasteiger partial charge in [-0.25, -0.2) is 0 Å². The van der Waals surface area contributed by atoms with Gasteiger partial charge in [0.25, 0.3) is 5.54 Å². The van der Waals surface area contributed by atoms with Gasteiger partial charge < -0.3 is 4.74 Å². The summed E-state index contributed by atoms with van der Waals surface area (Å²) >= 11 is 0. The number of methoxy groups -OCH3 is 1. The summed E-state index contributed by atoms with van der Waals surface area (Å²) in [6.45, 7) is 0. The molecule has 0 aromatic heterocycles. The smallest absolute Gasteiger partial charge is 0.305 e. The number of ether oxygens (including phenoxy) is 1. The molecular formula is C10H15NO5. The lowest BCUT2D eigenvalue weighted by Crippen LogP contribution is -2.48. The van der Waals surface area contributed by atoms with Gasteiger partial charge in [-0.15, -0.1) is 0 Å². The number of hydrogen-bond acceptors (Lipinski definition) is 5. The van der Waals surface area contributed by atoms with Gasteiger partial charge in [0.1, 0.15) is 0 Å². The SMILES string of the molecule is COC(=O)CCC1([N+](=O)[O-])CCCCC1=O. The van der Waals surface area contributed by atoms with Gasteiger partial charge in [-0.2, -0.15) is 0 Å². The molecule has 6 heteroatoms. The standard InChI is InChI=1S/C10H15NO5/c1-16-9(13)5-7-10(11(14)15)6-3-2-4-8(10)12/h2-7H2,1H3. The number of carbonyl (C=O) groups is 2. The van der Waals surface area contributed by atoms with Gasteiger partial charge in [0, 0.05) is 24.2 Å². The summed E-state index contributed by atoms with van der Waals surface area (Å²) in [7, 11) is 1.23. The van der Waals surface area contributed by atoms with Crippen LogP contribution in [0.25, 0.3) is 0 Å². The quantitative estimate of drug-likeness (QED) is 0.409. The topological polar surface area (TPSA) is 86.5 Å². The van der Waals surface area contributed by atoms with Gasteiger partial charge in [-0.05, 0) is 12.8 Å². The Hall–Kier alpha value is -1.46. The molecular weight excluding hydrogens is 214 g/mol. The number of nitrogens with zero attached hydrogens (tertiary/aromatic N) is 1. The van der Waals surface area contributed by atoms with Gasteiger partial charge >= 0.3 is 5.97 Å². The van der Waals surface area contributed by atoms with Crippen LogP contribution in [0, 0.1) is 10.1 Å². The Labute approximate surface area is 93.1 Å². The van der Waals surface area contributed by atoms with Crippen molar-refractivity contribution in [1.82, 2.24) is 0 Å². The van der Waals surface area contributed by atoms with Crippen LogP contribution in [-0.4, -0.2) is 29.3 Å². The molecule has 0 bridgehead atoms. The van der Waals surface area contributed by atoms with Gasteiger partial charge in [0.2, 0.25) is 5.78 Å². The van der Waals surface area contributed by atoms with E-state index in [2.05, 4.69) is 4.74 Å². The van der Waals surface area contributed by atoms with E-state index < -0.39 is 16.4 Å². The highest BCUT2D eigenvalue weighted by molar-refractivity contribution is 5.88. The molecule has 1 rings (SSSR count). The Kier molecular flexibility index (Phi) is 3.98. The molecule has 1 fully saturated rings. The zero-order valence-electron chi connectivity index (χ0n) is 9.23. The molecule has 0 aromatic rings. The molecule has 90 valence electrons. The first-order valence-corrected chi connectivity index (χ1v) is 5.27. The predicted octanol–water partition coefficient (Wildman–Crippen LogP) is 1.10. The number of ketones is 1. The number of carbonyl (C=O) groups excluding carboxylic acids is 2. The first kappa shape index (κ1) is 12.6. The molecule has 1 atom stereocenters. The second-order valence-corrected chi connectivity index (χ2v) is 4.00. The summed E-state index contributed by atoms with van der Waals surface area (Å²) in [5, 5.41) is 11.0. The molecule has 0 heterocycles. The highest BCUT2D eigenvalue weighted by atomic mass is 16.6. The van der Waals surface area contributed by atoms with E-state index in [0.717, 1.165) is 0 Å². The van der Waals surface area contributed by atoms with Gasteiger partial charge in [-0.1, -0.05) is 0 Å². The second kappa shape index (κ2) is 5.05. The molecule has 16 heavy (non-hydrogen) atoms. The van der Waals surface area contributed by atoms with Crippen LogP contribution >= 0.6 is 0 Å². The van der Waals surface area contributed by atoms with Crippen LogP contribution in [0.3, 0.4) is 0 Å². The zero-order valence-corrected chi connectivity index (χ0v) is 9.23. The molecule has 6 nitrogen and oxygen atoms in total. The predicted molar refractivity (Wildman–Crippen MR) is 54.5 cm³/mol. The van der Waals surface area contributed by atoms with Gasteiger partial charge in [0.05, 0.1) is 13.5 Å². The third-order valence-electron chi connectivity index (χ3n) is 3.08. The van der Waals surface area contributed by atoms with Crippen molar-refractivity contribution in [3.63, 3.8) is 0 Å². The number of hydrogen-bond donors (Lipinski definition) is 0. The molecule has 0 amide bonds. The Balaban J connectivity index is 2.76. The maximum absolute atomic E-state index is 11.7. The van der Waals surface area contributed by atoms with Crippen molar-refractivity contribution in [2.24, 2.45) is 0 Å². The highest BCUT2D eigenvalue weighted by Gasteiger charge is 2.51. The lowest BCUT2D eigenvalue weighted by Gasteiger charge is -2.27. The highest BCUT2D eigenvalue weighted by Crippen LogP contribution is 2.32. The molecule has 1 saturated carbocycles. The molecule has 0 aromatic carbocycles. The van der Waals surface area contributed by atoms with Crippen LogP contribution in [-0.2, 0) is 14.3 Å². The Morgan fingerprint density at radius 2 is 2.25 bits per heavy atom. The lowest BCUT2D eigenvalue weighted by atomic mass is 9.78. The normalized spacial score (nSPS) is 25.2. The summed E-state index contributed by atoms with van der Waals surface area (Å²) in [5.74, 6) is -0.868. The van der Waals surface area contributed by atoms with Gasteiger partial charge in [0.15, 0.2) is 0 Å². The van der Waals surface area contributed by atoms with Crippen molar-refractivity contribution in [3.8, 4) is 0 Å². The molecule has 0 radical (unpaired) electrons. The third-order valence-corrected chi connectivity index (χ3v) is 3.08. The Morgan fingerprint density at radius 1 is 1.56 bits per heavy atom. The first-order valence-electron chi connectivity index (χ1n) is 5.27. The van der Waals surface area contributed by atoms with E-state index >= 15 is 0 Å². The minimum Gasteiger partial charge on any atom is -0.469 e. The van der Waals surface area contributed by atoms with Crippen molar-refractivity contribution < 1.29 is 19.2 Å². The van der Waals surface area contributed by atoms with Crippen molar-refractivity contribution in [2.45, 2.75) is 44.1 Å². The summed E-state index contributed by atoms with van der Waals surface area (Å²) in [5.41, 5.74) is -1.55. The van der Waals surface area contributed by atoms with E-state index in [9.17, 15) is 19.7 Å². The van der Waals surface area contributed by atoms with Gasteiger partial charge in [-0.3, -0.25) is 19.7 Å². The van der Waals surface area contributed by atoms with Crippen LogP contribution in [0.5, 0.6) is 0 Å². The number of rotatable bonds is 4. The average Bonchev–Trinajstić information content (AvgIpc) is 2.27. The zero-order chi connectivity index (χ0) is 12.2. The van der Waals surface area contributed by atoms with Crippen molar-refractivity contribution in [3.05, 3.63) is 10.1 Å². The molecule has 0 N–H and O–H groups in total. The maximum atomic E-state index is 11.7. The van der Waals surface area contributed by atoms with Crippen LogP contribution in [0.4, 0.5) is 0 Å².